The summed E-state index contributed by atoms with van der Waals surface area (Å²) in [5.74, 6) is 0.918. The second-order valence-electron chi connectivity index (χ2n) is 5.54. The molecule has 1 unspecified atom stereocenters. The van der Waals surface area contributed by atoms with Crippen molar-refractivity contribution in [2.45, 2.75) is 30.4 Å². The van der Waals surface area contributed by atoms with Gasteiger partial charge in [-0.1, -0.05) is 25.1 Å². The highest BCUT2D eigenvalue weighted by atomic mass is 32.2. The molecule has 0 aliphatic rings. The Morgan fingerprint density at radius 3 is 2.59 bits per heavy atom. The van der Waals surface area contributed by atoms with Crippen LogP contribution in [0.5, 0.6) is 0 Å². The van der Waals surface area contributed by atoms with Gasteiger partial charge in [-0.15, -0.1) is 11.8 Å². The van der Waals surface area contributed by atoms with E-state index in [4.69, 9.17) is 0 Å². The van der Waals surface area contributed by atoms with Gasteiger partial charge in [0.15, 0.2) is 5.96 Å². The van der Waals surface area contributed by atoms with E-state index in [0.717, 1.165) is 38.6 Å². The lowest BCUT2D eigenvalue weighted by Crippen LogP contribution is -2.38. The summed E-state index contributed by atoms with van der Waals surface area (Å²) in [4.78, 5) is 8.19. The molecule has 0 fully saturated rings. The standard InChI is InChI=1S/C17H30N4S/c1-5-18-17(19-12-9-13-21(3)4)20-14-15(2)22-16-10-7-6-8-11-16/h6-8,10-11,15H,5,9,12-14H2,1-4H3,(H2,18,19,20). The van der Waals surface area contributed by atoms with Crippen molar-refractivity contribution in [3.8, 4) is 0 Å². The summed E-state index contributed by atoms with van der Waals surface area (Å²) in [5, 5.41) is 7.16. The number of rotatable bonds is 9. The van der Waals surface area contributed by atoms with Gasteiger partial charge in [0.2, 0.25) is 0 Å². The Balaban J connectivity index is 2.36. The van der Waals surface area contributed by atoms with Gasteiger partial charge in [0.25, 0.3) is 0 Å². The Hall–Kier alpha value is -1.20. The van der Waals surface area contributed by atoms with Crippen LogP contribution >= 0.6 is 11.8 Å². The first kappa shape index (κ1) is 18.8. The summed E-state index contributed by atoms with van der Waals surface area (Å²) < 4.78 is 0. The fourth-order valence-corrected chi connectivity index (χ4v) is 2.86. The number of hydrogen-bond acceptors (Lipinski definition) is 3. The smallest absolute Gasteiger partial charge is 0.191 e. The van der Waals surface area contributed by atoms with Gasteiger partial charge >= 0.3 is 0 Å². The number of nitrogens with zero attached hydrogens (tertiary/aromatic N) is 2. The van der Waals surface area contributed by atoms with Gasteiger partial charge in [-0.25, -0.2) is 0 Å². The molecular formula is C17H30N4S. The van der Waals surface area contributed by atoms with Crippen LogP contribution < -0.4 is 10.6 Å². The Morgan fingerprint density at radius 1 is 1.23 bits per heavy atom. The molecule has 0 aliphatic heterocycles. The third-order valence-electron chi connectivity index (χ3n) is 3.01. The van der Waals surface area contributed by atoms with Crippen LogP contribution in [0.25, 0.3) is 0 Å². The van der Waals surface area contributed by atoms with Gasteiger partial charge in [-0.2, -0.15) is 0 Å². The second kappa shape index (κ2) is 11.4. The van der Waals surface area contributed by atoms with Gasteiger partial charge in [0.1, 0.15) is 0 Å². The van der Waals surface area contributed by atoms with Crippen LogP contribution in [0.2, 0.25) is 0 Å². The van der Waals surface area contributed by atoms with Crippen LogP contribution in [0.3, 0.4) is 0 Å². The molecule has 22 heavy (non-hydrogen) atoms. The highest BCUT2D eigenvalue weighted by Crippen LogP contribution is 2.22. The van der Waals surface area contributed by atoms with E-state index in [0.29, 0.717) is 5.25 Å². The number of benzene rings is 1. The van der Waals surface area contributed by atoms with Gasteiger partial charge in [0, 0.05) is 23.2 Å². The van der Waals surface area contributed by atoms with Gasteiger partial charge in [0.05, 0.1) is 6.54 Å². The van der Waals surface area contributed by atoms with E-state index in [1.807, 2.05) is 17.8 Å². The Kier molecular flexibility index (Phi) is 9.75. The molecular weight excluding hydrogens is 292 g/mol. The molecule has 2 N–H and O–H groups in total. The van der Waals surface area contributed by atoms with Crippen molar-refractivity contribution >= 4 is 17.7 Å². The van der Waals surface area contributed by atoms with Gasteiger partial charge in [-0.05, 0) is 46.1 Å². The number of nitrogens with one attached hydrogen (secondary N) is 2. The summed E-state index contributed by atoms with van der Waals surface area (Å²) in [6, 6.07) is 10.5. The van der Waals surface area contributed by atoms with Crippen LogP contribution in [0.1, 0.15) is 20.3 Å². The molecule has 0 amide bonds. The molecule has 0 aliphatic carbocycles. The molecule has 5 heteroatoms. The van der Waals surface area contributed by atoms with Crippen LogP contribution in [0.4, 0.5) is 0 Å². The van der Waals surface area contributed by atoms with E-state index in [1.165, 1.54) is 4.90 Å². The molecule has 0 bridgehead atoms. The van der Waals surface area contributed by atoms with Crippen LogP contribution in [-0.2, 0) is 0 Å². The average molecular weight is 323 g/mol. The van der Waals surface area contributed by atoms with Crippen molar-refractivity contribution in [1.29, 1.82) is 0 Å². The maximum atomic E-state index is 4.69. The van der Waals surface area contributed by atoms with Crippen molar-refractivity contribution in [2.24, 2.45) is 4.99 Å². The zero-order chi connectivity index (χ0) is 16.2. The number of hydrogen-bond donors (Lipinski definition) is 2. The molecule has 1 atom stereocenters. The minimum Gasteiger partial charge on any atom is -0.357 e. The van der Waals surface area contributed by atoms with Crippen molar-refractivity contribution in [3.05, 3.63) is 30.3 Å². The average Bonchev–Trinajstić information content (AvgIpc) is 2.49. The number of guanidine groups is 1. The molecule has 0 spiro atoms. The van der Waals surface area contributed by atoms with E-state index < -0.39 is 0 Å². The molecule has 0 saturated carbocycles. The first-order valence-electron chi connectivity index (χ1n) is 8.00. The lowest BCUT2D eigenvalue weighted by Gasteiger charge is -2.14. The van der Waals surface area contributed by atoms with Crippen molar-refractivity contribution < 1.29 is 0 Å². The molecule has 124 valence electrons. The minimum absolute atomic E-state index is 0.458. The molecule has 1 aromatic carbocycles. The number of aliphatic imine (C=N–C) groups is 1. The fourth-order valence-electron chi connectivity index (χ4n) is 1.93. The SMILES string of the molecule is CCNC(=NCC(C)Sc1ccccc1)NCCCN(C)C. The monoisotopic (exact) mass is 322 g/mol. The van der Waals surface area contributed by atoms with E-state index in [2.05, 4.69) is 72.7 Å². The van der Waals surface area contributed by atoms with Crippen LogP contribution in [0, 0.1) is 0 Å². The Morgan fingerprint density at radius 2 is 1.95 bits per heavy atom. The Bertz CT molecular complexity index is 420. The second-order valence-corrected chi connectivity index (χ2v) is 7.06. The molecule has 4 nitrogen and oxygen atoms in total. The quantitative estimate of drug-likeness (QED) is 0.317. The third-order valence-corrected chi connectivity index (χ3v) is 4.10. The van der Waals surface area contributed by atoms with Crippen molar-refractivity contribution in [2.75, 3.05) is 40.3 Å². The van der Waals surface area contributed by atoms with Crippen molar-refractivity contribution in [3.63, 3.8) is 0 Å². The topological polar surface area (TPSA) is 39.7 Å². The minimum atomic E-state index is 0.458. The summed E-state index contributed by atoms with van der Waals surface area (Å²) in [6.45, 7) is 8.05. The lowest BCUT2D eigenvalue weighted by molar-refractivity contribution is 0.399. The zero-order valence-electron chi connectivity index (χ0n) is 14.3. The number of thioether (sulfide) groups is 1. The van der Waals surface area contributed by atoms with E-state index >= 15 is 0 Å². The summed E-state index contributed by atoms with van der Waals surface area (Å²) in [5.41, 5.74) is 0. The summed E-state index contributed by atoms with van der Waals surface area (Å²) >= 11 is 1.87. The largest absolute Gasteiger partial charge is 0.357 e. The predicted octanol–water partition coefficient (Wildman–Crippen LogP) is 2.67. The highest BCUT2D eigenvalue weighted by molar-refractivity contribution is 8.00. The first-order valence-corrected chi connectivity index (χ1v) is 8.88. The Labute approximate surface area is 139 Å². The van der Waals surface area contributed by atoms with E-state index in [1.54, 1.807) is 0 Å². The molecule has 1 rings (SSSR count). The maximum absolute atomic E-state index is 4.69. The maximum Gasteiger partial charge on any atom is 0.191 e. The van der Waals surface area contributed by atoms with Crippen LogP contribution in [0.15, 0.2) is 40.2 Å². The predicted molar refractivity (Wildman–Crippen MR) is 98.9 cm³/mol. The summed E-state index contributed by atoms with van der Waals surface area (Å²) in [6.07, 6.45) is 1.12. The molecule has 1 aromatic rings. The molecule has 0 aromatic heterocycles. The normalized spacial score (nSPS) is 13.2. The fraction of sp³-hybridized carbons (Fsp3) is 0.588. The zero-order valence-corrected chi connectivity index (χ0v) is 15.1. The summed E-state index contributed by atoms with van der Waals surface area (Å²) in [7, 11) is 4.20. The van der Waals surface area contributed by atoms with E-state index in [9.17, 15) is 0 Å². The molecule has 0 radical (unpaired) electrons. The molecule has 0 saturated heterocycles. The lowest BCUT2D eigenvalue weighted by atomic mass is 10.4. The van der Waals surface area contributed by atoms with Crippen molar-refractivity contribution in [1.82, 2.24) is 15.5 Å². The van der Waals surface area contributed by atoms with Gasteiger partial charge in [-0.3, -0.25) is 4.99 Å². The van der Waals surface area contributed by atoms with Gasteiger partial charge < -0.3 is 15.5 Å². The first-order chi connectivity index (χ1) is 10.6. The van der Waals surface area contributed by atoms with E-state index in [-0.39, 0.29) is 0 Å². The highest BCUT2D eigenvalue weighted by Gasteiger charge is 2.04. The van der Waals surface area contributed by atoms with Crippen LogP contribution in [-0.4, -0.2) is 56.4 Å². The molecule has 0 heterocycles. The third kappa shape index (κ3) is 8.95.